The molecule has 1 N–H and O–H groups in total. The molecule has 1 amide bonds. The normalized spacial score (nSPS) is 13.0. The molecular formula is C55H47N3O5. The van der Waals surface area contributed by atoms with Crippen LogP contribution in [0.3, 0.4) is 0 Å². The minimum atomic E-state index is -1.17. The molecule has 1 aliphatic carbocycles. The number of methoxy groups -OCH3 is 1. The van der Waals surface area contributed by atoms with Gasteiger partial charge >= 0.3 is 12.1 Å². The minimum absolute atomic E-state index is 0.0215. The van der Waals surface area contributed by atoms with Gasteiger partial charge in [-0.1, -0.05) is 181 Å². The standard InChI is InChI=1S/C55H47N3O5/c1-38-26-28-39(29-27-38)52(40-30-32-45(61-2)33-31-40)63-53(59)51(57-54(60)62-36-50-48-24-14-12-22-46(48)47-23-13-15-25-49(47)50)34-44-35-58(37-56-44)55(41-16-6-3-7-17-41,42-18-8-4-9-19-42)43-20-10-5-11-21-43/h3-33,35,37,50-52H,34,36H2,1-2H3,(H,57,60)/t51-,52?/m0/s1. The fraction of sp³-hybridized carbons (Fsp3) is 0.145. The van der Waals surface area contributed by atoms with Crippen molar-refractivity contribution in [2.45, 2.75) is 36.9 Å². The van der Waals surface area contributed by atoms with Gasteiger partial charge in [0, 0.05) is 18.5 Å². The Morgan fingerprint density at radius 1 is 0.651 bits per heavy atom. The number of hydrogen-bond acceptors (Lipinski definition) is 6. The summed E-state index contributed by atoms with van der Waals surface area (Å²) in [7, 11) is 1.61. The molecule has 0 radical (unpaired) electrons. The molecule has 2 atom stereocenters. The van der Waals surface area contributed by atoms with Crippen LogP contribution in [0, 0.1) is 6.92 Å². The summed E-state index contributed by atoms with van der Waals surface area (Å²) in [4.78, 5) is 33.7. The molecule has 8 heteroatoms. The fourth-order valence-corrected chi connectivity index (χ4v) is 8.87. The Hall–Kier alpha value is -7.71. The molecule has 8 nitrogen and oxygen atoms in total. The summed E-state index contributed by atoms with van der Waals surface area (Å²) in [6.07, 6.45) is 2.25. The lowest BCUT2D eigenvalue weighted by Gasteiger charge is -2.37. The number of alkyl carbamates (subject to hydrolysis) is 1. The first-order chi connectivity index (χ1) is 30.9. The van der Waals surface area contributed by atoms with Crippen LogP contribution in [0.2, 0.25) is 0 Å². The van der Waals surface area contributed by atoms with E-state index in [2.05, 4.69) is 70.5 Å². The molecule has 7 aromatic carbocycles. The second-order valence-corrected chi connectivity index (χ2v) is 15.8. The van der Waals surface area contributed by atoms with Crippen LogP contribution in [0.1, 0.15) is 62.2 Å². The van der Waals surface area contributed by atoms with E-state index in [0.29, 0.717) is 11.4 Å². The molecule has 312 valence electrons. The molecular weight excluding hydrogens is 783 g/mol. The number of nitrogens with zero attached hydrogens (tertiary/aromatic N) is 2. The van der Waals surface area contributed by atoms with Gasteiger partial charge in [0.05, 0.1) is 19.1 Å². The Bertz CT molecular complexity index is 2660. The average Bonchev–Trinajstić information content (AvgIpc) is 3.94. The monoisotopic (exact) mass is 829 g/mol. The topological polar surface area (TPSA) is 91.7 Å². The summed E-state index contributed by atoms with van der Waals surface area (Å²) >= 11 is 0. The van der Waals surface area contributed by atoms with E-state index in [-0.39, 0.29) is 18.9 Å². The van der Waals surface area contributed by atoms with Crippen LogP contribution in [0.25, 0.3) is 11.1 Å². The van der Waals surface area contributed by atoms with Gasteiger partial charge in [-0.3, -0.25) is 0 Å². The number of imidazole rings is 1. The van der Waals surface area contributed by atoms with Crippen LogP contribution < -0.4 is 10.1 Å². The number of fused-ring (bicyclic) bond motifs is 3. The first-order valence-corrected chi connectivity index (χ1v) is 21.1. The van der Waals surface area contributed by atoms with Crippen LogP contribution in [0.4, 0.5) is 4.79 Å². The number of amides is 1. The molecule has 1 heterocycles. The van der Waals surface area contributed by atoms with Crippen LogP contribution >= 0.6 is 0 Å². The summed E-state index contributed by atoms with van der Waals surface area (Å²) in [6, 6.07) is 61.4. The highest BCUT2D eigenvalue weighted by atomic mass is 16.6. The van der Waals surface area contributed by atoms with Crippen LogP contribution in [0.5, 0.6) is 5.75 Å². The molecule has 0 saturated heterocycles. The van der Waals surface area contributed by atoms with E-state index in [1.165, 1.54) is 0 Å². The fourth-order valence-electron chi connectivity index (χ4n) is 8.87. The number of rotatable bonds is 14. The van der Waals surface area contributed by atoms with E-state index in [0.717, 1.165) is 55.6 Å². The molecule has 0 bridgehead atoms. The molecule has 1 aromatic heterocycles. The summed E-state index contributed by atoms with van der Waals surface area (Å²) in [5.74, 6) is -0.122. The number of esters is 1. The minimum Gasteiger partial charge on any atom is -0.497 e. The number of aryl methyl sites for hydroxylation is 1. The van der Waals surface area contributed by atoms with Crippen molar-refractivity contribution in [3.63, 3.8) is 0 Å². The summed E-state index contributed by atoms with van der Waals surface area (Å²) in [6.45, 7) is 2.09. The third-order valence-corrected chi connectivity index (χ3v) is 12.0. The molecule has 0 fully saturated rings. The van der Waals surface area contributed by atoms with E-state index in [1.807, 2.05) is 141 Å². The van der Waals surface area contributed by atoms with E-state index in [1.54, 1.807) is 13.4 Å². The highest BCUT2D eigenvalue weighted by Crippen LogP contribution is 2.45. The highest BCUT2D eigenvalue weighted by Gasteiger charge is 2.39. The van der Waals surface area contributed by atoms with Crippen LogP contribution in [-0.4, -0.2) is 41.4 Å². The lowest BCUT2D eigenvalue weighted by molar-refractivity contribution is -0.150. The average molecular weight is 830 g/mol. The molecule has 0 spiro atoms. The number of ether oxygens (including phenoxy) is 3. The summed E-state index contributed by atoms with van der Waals surface area (Å²) < 4.78 is 20.0. The highest BCUT2D eigenvalue weighted by molar-refractivity contribution is 5.82. The third-order valence-electron chi connectivity index (χ3n) is 12.0. The van der Waals surface area contributed by atoms with Gasteiger partial charge in [0.2, 0.25) is 0 Å². The van der Waals surface area contributed by atoms with Gasteiger partial charge in [0.15, 0.2) is 6.10 Å². The van der Waals surface area contributed by atoms with Crippen LogP contribution in [-0.2, 0) is 26.2 Å². The Morgan fingerprint density at radius 2 is 1.14 bits per heavy atom. The predicted molar refractivity (Wildman–Crippen MR) is 245 cm³/mol. The molecule has 1 unspecified atom stereocenters. The molecule has 0 aliphatic heterocycles. The maximum absolute atomic E-state index is 14.7. The lowest BCUT2D eigenvalue weighted by atomic mass is 9.77. The van der Waals surface area contributed by atoms with E-state index in [4.69, 9.17) is 19.2 Å². The van der Waals surface area contributed by atoms with E-state index < -0.39 is 29.7 Å². The summed E-state index contributed by atoms with van der Waals surface area (Å²) in [5, 5.41) is 2.91. The second kappa shape index (κ2) is 18.1. The Morgan fingerprint density at radius 3 is 1.67 bits per heavy atom. The molecule has 63 heavy (non-hydrogen) atoms. The Labute approximate surface area is 367 Å². The van der Waals surface area contributed by atoms with Crippen molar-refractivity contribution >= 4 is 12.1 Å². The number of carbonyl (C=O) groups excluding carboxylic acids is 2. The van der Waals surface area contributed by atoms with E-state index in [9.17, 15) is 9.59 Å². The molecule has 0 saturated carbocycles. The van der Waals surface area contributed by atoms with E-state index >= 15 is 0 Å². The molecule has 8 aromatic rings. The van der Waals surface area contributed by atoms with Crippen molar-refractivity contribution in [2.75, 3.05) is 13.7 Å². The Kier molecular flexibility index (Phi) is 11.7. The van der Waals surface area contributed by atoms with Crippen molar-refractivity contribution < 1.29 is 23.8 Å². The predicted octanol–water partition coefficient (Wildman–Crippen LogP) is 10.8. The van der Waals surface area contributed by atoms with Gasteiger partial charge in [0.1, 0.15) is 23.9 Å². The van der Waals surface area contributed by atoms with Crippen molar-refractivity contribution in [3.8, 4) is 16.9 Å². The van der Waals surface area contributed by atoms with Gasteiger partial charge in [-0.25, -0.2) is 14.6 Å². The van der Waals surface area contributed by atoms with Gasteiger partial charge < -0.3 is 24.1 Å². The maximum Gasteiger partial charge on any atom is 0.407 e. The third kappa shape index (κ3) is 8.23. The number of hydrogen-bond donors (Lipinski definition) is 1. The molecule has 9 rings (SSSR count). The summed E-state index contributed by atoms with van der Waals surface area (Å²) in [5.41, 5.74) is 9.85. The van der Waals surface area contributed by atoms with Crippen molar-refractivity contribution in [1.82, 2.24) is 14.9 Å². The van der Waals surface area contributed by atoms with Crippen molar-refractivity contribution in [1.29, 1.82) is 0 Å². The lowest BCUT2D eigenvalue weighted by Crippen LogP contribution is -2.44. The zero-order valence-electron chi connectivity index (χ0n) is 35.1. The maximum atomic E-state index is 14.7. The zero-order valence-corrected chi connectivity index (χ0v) is 35.1. The SMILES string of the molecule is COc1ccc(C(OC(=O)[C@H](Cc2cn(C(c3ccccc3)(c3ccccc3)c3ccccc3)cn2)NC(=O)OCC2c3ccccc3-c3ccccc32)c2ccc(C)cc2)cc1. The first-order valence-electron chi connectivity index (χ1n) is 21.1. The zero-order chi connectivity index (χ0) is 43.2. The van der Waals surface area contributed by atoms with Crippen LogP contribution in [0.15, 0.2) is 201 Å². The van der Waals surface area contributed by atoms with Gasteiger partial charge in [-0.15, -0.1) is 0 Å². The first kappa shape index (κ1) is 40.7. The van der Waals surface area contributed by atoms with Crippen molar-refractivity contribution in [3.05, 3.63) is 251 Å². The smallest absolute Gasteiger partial charge is 0.407 e. The van der Waals surface area contributed by atoms with Crippen molar-refractivity contribution in [2.24, 2.45) is 0 Å². The van der Waals surface area contributed by atoms with Gasteiger partial charge in [0.25, 0.3) is 0 Å². The Balaban J connectivity index is 1.06. The number of aromatic nitrogens is 2. The number of nitrogens with one attached hydrogen (secondary N) is 1. The molecule has 1 aliphatic rings. The second-order valence-electron chi connectivity index (χ2n) is 15.8. The van der Waals surface area contributed by atoms with Gasteiger partial charge in [-0.05, 0) is 69.1 Å². The number of benzene rings is 7. The quantitative estimate of drug-likeness (QED) is 0.0867. The largest absolute Gasteiger partial charge is 0.497 e. The number of carbonyl (C=O) groups is 2. The van der Waals surface area contributed by atoms with Gasteiger partial charge in [-0.2, -0.15) is 0 Å².